The Labute approximate surface area is 150 Å². The van der Waals surface area contributed by atoms with Crippen LogP contribution in [-0.2, 0) is 14.8 Å². The zero-order valence-corrected chi connectivity index (χ0v) is 16.0. The van der Waals surface area contributed by atoms with Crippen LogP contribution in [0.1, 0.15) is 52.4 Å². The Bertz CT molecular complexity index is 630. The number of unbranched alkanes of at least 4 members (excludes halogenated alkanes) is 1. The van der Waals surface area contributed by atoms with Crippen LogP contribution in [0, 0.1) is 11.8 Å². The summed E-state index contributed by atoms with van der Waals surface area (Å²) in [7, 11) is -3.60. The molecule has 1 aromatic heterocycles. The van der Waals surface area contributed by atoms with E-state index in [1.807, 2.05) is 0 Å². The molecule has 0 aliphatic carbocycles. The van der Waals surface area contributed by atoms with Crippen molar-refractivity contribution in [1.82, 2.24) is 19.6 Å². The van der Waals surface area contributed by atoms with E-state index in [9.17, 15) is 13.2 Å². The molecule has 25 heavy (non-hydrogen) atoms. The number of aromatic amines is 1. The molecule has 0 aromatic carbocycles. The summed E-state index contributed by atoms with van der Waals surface area (Å²) in [6.07, 6.45) is 8.58. The van der Waals surface area contributed by atoms with E-state index in [4.69, 9.17) is 0 Å². The smallest absolute Gasteiger partial charge is 0.260 e. The third-order valence-corrected chi connectivity index (χ3v) is 6.74. The van der Waals surface area contributed by atoms with Crippen LogP contribution < -0.4 is 5.32 Å². The van der Waals surface area contributed by atoms with Crippen molar-refractivity contribution in [3.8, 4) is 0 Å². The minimum absolute atomic E-state index is 0.0283. The van der Waals surface area contributed by atoms with E-state index in [2.05, 4.69) is 29.1 Å². The second-order valence-electron chi connectivity index (χ2n) is 6.78. The van der Waals surface area contributed by atoms with Gasteiger partial charge in [0, 0.05) is 19.6 Å². The van der Waals surface area contributed by atoms with Gasteiger partial charge in [0.2, 0.25) is 5.91 Å². The molecule has 1 fully saturated rings. The van der Waals surface area contributed by atoms with Gasteiger partial charge in [0.25, 0.3) is 10.0 Å². The Morgan fingerprint density at radius 1 is 1.48 bits per heavy atom. The van der Waals surface area contributed by atoms with Gasteiger partial charge in [-0.1, -0.05) is 33.1 Å². The number of carbonyl (C=O) groups is 1. The van der Waals surface area contributed by atoms with Crippen LogP contribution in [0.2, 0.25) is 0 Å². The Hall–Kier alpha value is -1.41. The van der Waals surface area contributed by atoms with Crippen molar-refractivity contribution in [2.75, 3.05) is 19.6 Å². The molecule has 1 saturated heterocycles. The molecular formula is C17H30N4O3S. The summed E-state index contributed by atoms with van der Waals surface area (Å²) in [4.78, 5) is 18.9. The third-order valence-electron chi connectivity index (χ3n) is 4.95. The molecule has 2 rings (SSSR count). The van der Waals surface area contributed by atoms with Crippen LogP contribution in [0.5, 0.6) is 0 Å². The summed E-state index contributed by atoms with van der Waals surface area (Å²) >= 11 is 0. The first-order valence-electron chi connectivity index (χ1n) is 9.25. The molecule has 0 unspecified atom stereocenters. The lowest BCUT2D eigenvalue weighted by Gasteiger charge is -2.31. The van der Waals surface area contributed by atoms with E-state index in [1.165, 1.54) is 23.3 Å². The summed E-state index contributed by atoms with van der Waals surface area (Å²) in [6, 6.07) is 0. The van der Waals surface area contributed by atoms with Gasteiger partial charge in [-0.25, -0.2) is 13.4 Å². The Kier molecular flexibility index (Phi) is 7.43. The number of sulfonamides is 1. The number of imidazole rings is 1. The largest absolute Gasteiger partial charge is 0.356 e. The molecule has 1 aromatic rings. The van der Waals surface area contributed by atoms with Crippen molar-refractivity contribution in [3.05, 3.63) is 12.5 Å². The number of amides is 1. The van der Waals surface area contributed by atoms with Gasteiger partial charge in [-0.2, -0.15) is 4.31 Å². The monoisotopic (exact) mass is 370 g/mol. The summed E-state index contributed by atoms with van der Waals surface area (Å²) < 4.78 is 26.5. The number of nitrogens with zero attached hydrogens (tertiary/aromatic N) is 2. The van der Waals surface area contributed by atoms with Crippen LogP contribution in [0.3, 0.4) is 0 Å². The number of aromatic nitrogens is 2. The van der Waals surface area contributed by atoms with Crippen molar-refractivity contribution in [2.45, 2.75) is 57.4 Å². The maximum absolute atomic E-state index is 12.6. The van der Waals surface area contributed by atoms with Gasteiger partial charge < -0.3 is 10.3 Å². The molecule has 1 amide bonds. The van der Waals surface area contributed by atoms with Crippen molar-refractivity contribution in [2.24, 2.45) is 11.8 Å². The molecule has 8 heteroatoms. The van der Waals surface area contributed by atoms with Crippen LogP contribution in [0.25, 0.3) is 0 Å². The highest BCUT2D eigenvalue weighted by Gasteiger charge is 2.34. The standard InChI is InChI=1S/C17H30N4O3S/c1-3-5-7-14(4-2)10-19-17(22)15-8-6-9-21(12-15)25(23,24)16-11-18-13-20-16/h11,13-15H,3-10,12H2,1-2H3,(H,18,20)(H,19,22)/t14-,15-/m1/s1. The van der Waals surface area contributed by atoms with Crippen LogP contribution >= 0.6 is 0 Å². The lowest BCUT2D eigenvalue weighted by molar-refractivity contribution is -0.126. The first-order chi connectivity index (χ1) is 12.0. The van der Waals surface area contributed by atoms with Crippen molar-refractivity contribution in [3.63, 3.8) is 0 Å². The lowest BCUT2D eigenvalue weighted by Crippen LogP contribution is -2.46. The molecule has 2 atom stereocenters. The van der Waals surface area contributed by atoms with Gasteiger partial charge in [-0.3, -0.25) is 4.79 Å². The molecule has 7 nitrogen and oxygen atoms in total. The topological polar surface area (TPSA) is 95.2 Å². The van der Waals surface area contributed by atoms with Crippen LogP contribution in [-0.4, -0.2) is 48.2 Å². The molecule has 142 valence electrons. The van der Waals surface area contributed by atoms with Crippen LogP contribution in [0.4, 0.5) is 0 Å². The normalized spacial score (nSPS) is 20.3. The second kappa shape index (κ2) is 9.33. The predicted molar refractivity (Wildman–Crippen MR) is 96.4 cm³/mol. The number of rotatable bonds is 9. The Morgan fingerprint density at radius 3 is 2.92 bits per heavy atom. The van der Waals surface area contributed by atoms with Gasteiger partial charge in [-0.15, -0.1) is 0 Å². The zero-order valence-electron chi connectivity index (χ0n) is 15.2. The van der Waals surface area contributed by atoms with Crippen molar-refractivity contribution < 1.29 is 13.2 Å². The number of nitrogens with one attached hydrogen (secondary N) is 2. The van der Waals surface area contributed by atoms with E-state index in [-0.39, 0.29) is 23.4 Å². The number of H-pyrrole nitrogens is 1. The predicted octanol–water partition coefficient (Wildman–Crippen LogP) is 2.14. The molecule has 0 saturated carbocycles. The number of hydrogen-bond acceptors (Lipinski definition) is 4. The van der Waals surface area contributed by atoms with E-state index < -0.39 is 10.0 Å². The molecular weight excluding hydrogens is 340 g/mol. The molecule has 2 N–H and O–H groups in total. The lowest BCUT2D eigenvalue weighted by atomic mass is 9.96. The van der Waals surface area contributed by atoms with Crippen LogP contribution in [0.15, 0.2) is 17.6 Å². The first kappa shape index (κ1) is 19.9. The number of piperidine rings is 1. The fraction of sp³-hybridized carbons (Fsp3) is 0.765. The molecule has 1 aliphatic rings. The fourth-order valence-electron chi connectivity index (χ4n) is 3.23. The molecule has 0 spiro atoms. The Balaban J connectivity index is 1.91. The highest BCUT2D eigenvalue weighted by molar-refractivity contribution is 7.89. The highest BCUT2D eigenvalue weighted by Crippen LogP contribution is 2.23. The summed E-state index contributed by atoms with van der Waals surface area (Å²) in [6.45, 7) is 5.67. The Morgan fingerprint density at radius 2 is 2.28 bits per heavy atom. The van der Waals surface area contributed by atoms with E-state index in [0.29, 0.717) is 25.4 Å². The average Bonchev–Trinajstić information content (AvgIpc) is 3.17. The van der Waals surface area contributed by atoms with Crippen molar-refractivity contribution >= 4 is 15.9 Å². The van der Waals surface area contributed by atoms with Crippen molar-refractivity contribution in [1.29, 1.82) is 0 Å². The second-order valence-corrected chi connectivity index (χ2v) is 8.69. The number of hydrogen-bond donors (Lipinski definition) is 2. The van der Waals surface area contributed by atoms with Gasteiger partial charge in [0.1, 0.15) is 0 Å². The molecule has 0 radical (unpaired) electrons. The average molecular weight is 371 g/mol. The molecule has 1 aliphatic heterocycles. The van der Waals surface area contributed by atoms with E-state index in [0.717, 1.165) is 25.7 Å². The maximum atomic E-state index is 12.6. The van der Waals surface area contributed by atoms with E-state index >= 15 is 0 Å². The summed E-state index contributed by atoms with van der Waals surface area (Å²) in [5, 5.41) is 3.12. The SMILES string of the molecule is CCCC[C@@H](CC)CNC(=O)[C@@H]1CCCN(S(=O)(=O)c2cnc[nH]2)C1. The van der Waals surface area contributed by atoms with Gasteiger partial charge in [0.15, 0.2) is 5.03 Å². The van der Waals surface area contributed by atoms with E-state index in [1.54, 1.807) is 0 Å². The third kappa shape index (κ3) is 5.28. The number of carbonyl (C=O) groups excluding carboxylic acids is 1. The minimum atomic E-state index is -3.60. The highest BCUT2D eigenvalue weighted by atomic mass is 32.2. The first-order valence-corrected chi connectivity index (χ1v) is 10.7. The zero-order chi connectivity index (χ0) is 18.3. The van der Waals surface area contributed by atoms with Gasteiger partial charge >= 0.3 is 0 Å². The molecule has 0 bridgehead atoms. The summed E-state index contributed by atoms with van der Waals surface area (Å²) in [5.41, 5.74) is 0. The quantitative estimate of drug-likeness (QED) is 0.696. The maximum Gasteiger partial charge on any atom is 0.260 e. The van der Waals surface area contributed by atoms with Gasteiger partial charge in [-0.05, 0) is 25.2 Å². The summed E-state index contributed by atoms with van der Waals surface area (Å²) in [5.74, 6) is 0.187. The van der Waals surface area contributed by atoms with Gasteiger partial charge in [0.05, 0.1) is 18.4 Å². The molecule has 2 heterocycles. The fourth-order valence-corrected chi connectivity index (χ4v) is 4.65. The minimum Gasteiger partial charge on any atom is -0.356 e.